The molecule has 1 unspecified atom stereocenters. The molecular formula is C17H18O4. The van der Waals surface area contributed by atoms with Gasteiger partial charge in [0.15, 0.2) is 17.3 Å². The quantitative estimate of drug-likeness (QED) is 0.794. The van der Waals surface area contributed by atoms with Gasteiger partial charge in [0.1, 0.15) is 11.4 Å². The van der Waals surface area contributed by atoms with Crippen LogP contribution in [0, 0.1) is 0 Å². The van der Waals surface area contributed by atoms with Gasteiger partial charge in [-0.25, -0.2) is 0 Å². The molecule has 0 N–H and O–H groups in total. The maximum absolute atomic E-state index is 12.4. The summed E-state index contributed by atoms with van der Waals surface area (Å²) >= 11 is 0. The molecule has 4 rings (SSSR count). The summed E-state index contributed by atoms with van der Waals surface area (Å²) in [5, 5.41) is 0. The Bertz CT molecular complexity index is 657. The van der Waals surface area contributed by atoms with Gasteiger partial charge in [-0.1, -0.05) is 6.07 Å². The van der Waals surface area contributed by atoms with Crippen LogP contribution in [-0.4, -0.2) is 18.2 Å². The number of allylic oxidation sites excluding steroid dienone is 1. The van der Waals surface area contributed by atoms with Crippen molar-refractivity contribution in [3.8, 4) is 11.5 Å². The number of carbonyl (C=O) groups is 1. The van der Waals surface area contributed by atoms with Crippen molar-refractivity contribution in [2.45, 2.75) is 44.6 Å². The van der Waals surface area contributed by atoms with E-state index in [4.69, 9.17) is 14.2 Å². The van der Waals surface area contributed by atoms with Gasteiger partial charge < -0.3 is 14.2 Å². The van der Waals surface area contributed by atoms with Gasteiger partial charge in [-0.05, 0) is 37.5 Å². The molecule has 2 aliphatic heterocycles. The average Bonchev–Trinajstić information content (AvgIpc) is 3.00. The van der Waals surface area contributed by atoms with Crippen molar-refractivity contribution < 1.29 is 19.0 Å². The van der Waals surface area contributed by atoms with Gasteiger partial charge in [0, 0.05) is 24.8 Å². The van der Waals surface area contributed by atoms with E-state index in [0.29, 0.717) is 6.42 Å². The van der Waals surface area contributed by atoms with Crippen molar-refractivity contribution in [3.63, 3.8) is 0 Å². The Hall–Kier alpha value is -1.97. The number of ketones is 1. The zero-order valence-corrected chi connectivity index (χ0v) is 12.3. The van der Waals surface area contributed by atoms with Crippen LogP contribution < -0.4 is 9.47 Å². The Morgan fingerprint density at radius 3 is 2.81 bits per heavy atom. The number of Topliss-reactive ketones (excluding diaryl/α,β-unsaturated/α-hetero) is 1. The summed E-state index contributed by atoms with van der Waals surface area (Å²) in [6.07, 6.45) is 2.08. The first-order valence-electron chi connectivity index (χ1n) is 7.36. The van der Waals surface area contributed by atoms with Crippen LogP contribution in [0.25, 0.3) is 0 Å². The molecule has 0 amide bonds. The second kappa shape index (κ2) is 4.26. The van der Waals surface area contributed by atoms with Crippen LogP contribution in [-0.2, 0) is 9.53 Å². The molecule has 3 aliphatic rings. The molecule has 0 aromatic heterocycles. The first-order chi connectivity index (χ1) is 10.0. The summed E-state index contributed by atoms with van der Waals surface area (Å²) in [7, 11) is 0. The van der Waals surface area contributed by atoms with Crippen molar-refractivity contribution in [3.05, 3.63) is 35.1 Å². The predicted octanol–water partition coefficient (Wildman–Crippen LogP) is 3.31. The van der Waals surface area contributed by atoms with Crippen molar-refractivity contribution in [1.82, 2.24) is 0 Å². The molecule has 0 saturated heterocycles. The van der Waals surface area contributed by atoms with E-state index >= 15 is 0 Å². The third-order valence-electron chi connectivity index (χ3n) is 4.41. The zero-order valence-electron chi connectivity index (χ0n) is 12.3. The Morgan fingerprint density at radius 1 is 1.14 bits per heavy atom. The largest absolute Gasteiger partial charge is 0.491 e. The van der Waals surface area contributed by atoms with Gasteiger partial charge in [0.05, 0.1) is 0 Å². The van der Waals surface area contributed by atoms with Crippen LogP contribution in [0.15, 0.2) is 29.5 Å². The number of hydrogen-bond donors (Lipinski definition) is 0. The highest BCUT2D eigenvalue weighted by Gasteiger charge is 2.40. The van der Waals surface area contributed by atoms with Gasteiger partial charge in [-0.2, -0.15) is 0 Å². The maximum Gasteiger partial charge on any atom is 0.231 e. The SMILES string of the molecule is CC1(C)CC2=C(CC(c3ccc4c(c3)OCO4)CC2=O)O1. The fourth-order valence-electron chi connectivity index (χ4n) is 3.42. The fourth-order valence-corrected chi connectivity index (χ4v) is 3.42. The summed E-state index contributed by atoms with van der Waals surface area (Å²) in [5.41, 5.74) is 1.77. The summed E-state index contributed by atoms with van der Waals surface area (Å²) in [5.74, 6) is 2.83. The second-order valence-corrected chi connectivity index (χ2v) is 6.58. The molecule has 2 heterocycles. The van der Waals surface area contributed by atoms with Gasteiger partial charge in [0.2, 0.25) is 6.79 Å². The Labute approximate surface area is 123 Å². The van der Waals surface area contributed by atoms with Crippen LogP contribution in [0.3, 0.4) is 0 Å². The fraction of sp³-hybridized carbons (Fsp3) is 0.471. The average molecular weight is 286 g/mol. The topological polar surface area (TPSA) is 44.8 Å². The lowest BCUT2D eigenvalue weighted by Gasteiger charge is -2.24. The lowest BCUT2D eigenvalue weighted by atomic mass is 9.81. The number of fused-ring (bicyclic) bond motifs is 1. The van der Waals surface area contributed by atoms with Gasteiger partial charge in [0.25, 0.3) is 0 Å². The smallest absolute Gasteiger partial charge is 0.231 e. The molecule has 0 radical (unpaired) electrons. The Kier molecular flexibility index (Phi) is 2.59. The van der Waals surface area contributed by atoms with Gasteiger partial charge in [-0.3, -0.25) is 4.79 Å². The molecule has 4 heteroatoms. The van der Waals surface area contributed by atoms with Crippen molar-refractivity contribution in [2.75, 3.05) is 6.79 Å². The van der Waals surface area contributed by atoms with Crippen LogP contribution in [0.2, 0.25) is 0 Å². The molecule has 0 bridgehead atoms. The number of rotatable bonds is 1. The van der Waals surface area contributed by atoms with Crippen molar-refractivity contribution >= 4 is 5.78 Å². The number of hydrogen-bond acceptors (Lipinski definition) is 4. The second-order valence-electron chi connectivity index (χ2n) is 6.58. The van der Waals surface area contributed by atoms with E-state index in [1.807, 2.05) is 32.0 Å². The van der Waals surface area contributed by atoms with Crippen LogP contribution >= 0.6 is 0 Å². The third kappa shape index (κ3) is 2.09. The van der Waals surface area contributed by atoms with Crippen LogP contribution in [0.5, 0.6) is 11.5 Å². The monoisotopic (exact) mass is 286 g/mol. The lowest BCUT2D eigenvalue weighted by Crippen LogP contribution is -2.18. The van der Waals surface area contributed by atoms with E-state index in [1.54, 1.807) is 0 Å². The standard InChI is InChI=1S/C17H18O4/c1-17(2)8-12-13(18)5-11(7-15(12)21-17)10-3-4-14-16(6-10)20-9-19-14/h3-4,6,11H,5,7-9H2,1-2H3. The molecule has 110 valence electrons. The summed E-state index contributed by atoms with van der Waals surface area (Å²) in [6, 6.07) is 5.94. The molecule has 1 aromatic rings. The predicted molar refractivity (Wildman–Crippen MR) is 76.4 cm³/mol. The molecule has 1 aromatic carbocycles. The molecule has 4 nitrogen and oxygen atoms in total. The Balaban J connectivity index is 1.62. The first kappa shape index (κ1) is 12.7. The molecular weight excluding hydrogens is 268 g/mol. The minimum Gasteiger partial charge on any atom is -0.491 e. The maximum atomic E-state index is 12.4. The van der Waals surface area contributed by atoms with E-state index in [-0.39, 0.29) is 24.1 Å². The Morgan fingerprint density at radius 2 is 1.95 bits per heavy atom. The zero-order chi connectivity index (χ0) is 14.6. The van der Waals surface area contributed by atoms with Crippen LogP contribution in [0.4, 0.5) is 0 Å². The molecule has 0 fully saturated rings. The van der Waals surface area contributed by atoms with Gasteiger partial charge >= 0.3 is 0 Å². The van der Waals surface area contributed by atoms with Crippen LogP contribution in [0.1, 0.15) is 44.6 Å². The van der Waals surface area contributed by atoms with E-state index < -0.39 is 0 Å². The molecule has 0 saturated carbocycles. The number of ether oxygens (including phenoxy) is 3. The molecule has 1 aliphatic carbocycles. The molecule has 21 heavy (non-hydrogen) atoms. The minimum atomic E-state index is -0.246. The summed E-state index contributed by atoms with van der Waals surface area (Å²) in [6.45, 7) is 4.34. The lowest BCUT2D eigenvalue weighted by molar-refractivity contribution is -0.116. The van der Waals surface area contributed by atoms with E-state index in [0.717, 1.165) is 41.2 Å². The summed E-state index contributed by atoms with van der Waals surface area (Å²) < 4.78 is 16.7. The normalized spacial score (nSPS) is 25.8. The summed E-state index contributed by atoms with van der Waals surface area (Å²) in [4.78, 5) is 12.4. The molecule has 1 atom stereocenters. The third-order valence-corrected chi connectivity index (χ3v) is 4.41. The van der Waals surface area contributed by atoms with Crippen molar-refractivity contribution in [1.29, 1.82) is 0 Å². The van der Waals surface area contributed by atoms with E-state index in [1.165, 1.54) is 0 Å². The minimum absolute atomic E-state index is 0.166. The van der Waals surface area contributed by atoms with E-state index in [2.05, 4.69) is 0 Å². The molecule has 0 spiro atoms. The number of benzene rings is 1. The van der Waals surface area contributed by atoms with Crippen molar-refractivity contribution in [2.24, 2.45) is 0 Å². The van der Waals surface area contributed by atoms with Gasteiger partial charge in [-0.15, -0.1) is 0 Å². The van der Waals surface area contributed by atoms with E-state index in [9.17, 15) is 4.79 Å². The highest BCUT2D eigenvalue weighted by molar-refractivity contribution is 5.98. The first-order valence-corrected chi connectivity index (χ1v) is 7.36. The number of carbonyl (C=O) groups excluding carboxylic acids is 1. The highest BCUT2D eigenvalue weighted by atomic mass is 16.7. The highest BCUT2D eigenvalue weighted by Crippen LogP contribution is 2.45.